The molecule has 0 spiro atoms. The van der Waals surface area contributed by atoms with Crippen LogP contribution in [0.15, 0.2) is 115 Å². The maximum atomic E-state index is 14.2. The number of fused-ring (bicyclic) bond motifs is 2. The van der Waals surface area contributed by atoms with Gasteiger partial charge in [0.2, 0.25) is 13.3 Å². The van der Waals surface area contributed by atoms with Gasteiger partial charge in [-0.25, -0.2) is 0 Å². The molecule has 0 saturated carbocycles. The topological polar surface area (TPSA) is 72.5 Å². The van der Waals surface area contributed by atoms with Gasteiger partial charge in [-0.15, -0.1) is 0 Å². The average molecular weight is 576 g/mol. The molecule has 5 aromatic carbocycles. The van der Waals surface area contributed by atoms with Gasteiger partial charge in [-0.1, -0.05) is 103 Å². The lowest BCUT2D eigenvalue weighted by molar-refractivity contribution is -0.118. The third-order valence-corrected chi connectivity index (χ3v) is 9.65. The Balaban J connectivity index is 1.49. The number of hydrogen-bond acceptors (Lipinski definition) is 4. The van der Waals surface area contributed by atoms with Gasteiger partial charge in [0.1, 0.15) is 5.66 Å². The molecule has 1 N–H and O–H groups in total. The number of hydrogen-bond donors (Lipinski definition) is 1. The van der Waals surface area contributed by atoms with E-state index in [2.05, 4.69) is 5.32 Å². The zero-order chi connectivity index (χ0) is 29.5. The van der Waals surface area contributed by atoms with Crippen molar-refractivity contribution in [1.29, 1.82) is 0 Å². The standard InChI is InChI=1S/C36H34NO4P/c1-3-41-42(2,40)36(33-19-11-17-27-14-9-10-18-32(27)33)34(38)24-31-23-29-16-8-7-15-28(29)22-30(31)20-21-35(39)37-25-26-12-5-4-6-13-26/h4-23,36H,3,24-25H2,1-2H3,(H,37,39)/b21-20+. The van der Waals surface area contributed by atoms with Crippen molar-refractivity contribution < 1.29 is 18.7 Å². The Labute approximate surface area is 246 Å². The minimum Gasteiger partial charge on any atom is -0.348 e. The van der Waals surface area contributed by atoms with E-state index in [-0.39, 0.29) is 24.7 Å². The summed E-state index contributed by atoms with van der Waals surface area (Å²) in [5.74, 6) is -0.420. The molecule has 0 bridgehead atoms. The Kier molecular flexibility index (Phi) is 9.12. The Morgan fingerprint density at radius 1 is 0.833 bits per heavy atom. The first kappa shape index (κ1) is 29.2. The van der Waals surface area contributed by atoms with E-state index in [0.717, 1.165) is 38.2 Å². The molecule has 212 valence electrons. The van der Waals surface area contributed by atoms with Crippen LogP contribution in [0.25, 0.3) is 27.6 Å². The van der Waals surface area contributed by atoms with E-state index in [1.165, 1.54) is 6.08 Å². The van der Waals surface area contributed by atoms with Crippen molar-refractivity contribution in [1.82, 2.24) is 5.32 Å². The molecule has 2 unspecified atom stereocenters. The highest BCUT2D eigenvalue weighted by Crippen LogP contribution is 2.58. The summed E-state index contributed by atoms with van der Waals surface area (Å²) in [4.78, 5) is 26.9. The van der Waals surface area contributed by atoms with Gasteiger partial charge in [-0.2, -0.15) is 0 Å². The van der Waals surface area contributed by atoms with Crippen molar-refractivity contribution in [3.05, 3.63) is 138 Å². The molecule has 5 nitrogen and oxygen atoms in total. The summed E-state index contributed by atoms with van der Waals surface area (Å²) in [6.45, 7) is 4.00. The molecule has 2 atom stereocenters. The van der Waals surface area contributed by atoms with Gasteiger partial charge in [-0.05, 0) is 62.9 Å². The number of ketones is 1. The van der Waals surface area contributed by atoms with Gasteiger partial charge in [0, 0.05) is 25.7 Å². The van der Waals surface area contributed by atoms with Crippen LogP contribution in [0.3, 0.4) is 0 Å². The van der Waals surface area contributed by atoms with Gasteiger partial charge in [0.25, 0.3) is 0 Å². The van der Waals surface area contributed by atoms with E-state index >= 15 is 0 Å². The fourth-order valence-electron chi connectivity index (χ4n) is 5.41. The number of amides is 1. The van der Waals surface area contributed by atoms with Crippen LogP contribution in [0, 0.1) is 0 Å². The molecule has 1 amide bonds. The van der Waals surface area contributed by atoms with E-state index in [9.17, 15) is 14.2 Å². The predicted molar refractivity (Wildman–Crippen MR) is 172 cm³/mol. The van der Waals surface area contributed by atoms with Gasteiger partial charge in [0.15, 0.2) is 5.78 Å². The summed E-state index contributed by atoms with van der Waals surface area (Å²) in [7, 11) is -3.39. The normalized spacial score (nSPS) is 13.7. The second-order valence-corrected chi connectivity index (χ2v) is 13.0. The molecule has 6 heteroatoms. The first-order valence-corrected chi connectivity index (χ1v) is 16.2. The van der Waals surface area contributed by atoms with Gasteiger partial charge >= 0.3 is 0 Å². The van der Waals surface area contributed by atoms with Crippen molar-refractivity contribution >= 4 is 46.7 Å². The second-order valence-electron chi connectivity index (χ2n) is 10.4. The Hall–Kier alpha value is -4.31. The van der Waals surface area contributed by atoms with Crippen molar-refractivity contribution in [2.24, 2.45) is 0 Å². The van der Waals surface area contributed by atoms with E-state index in [1.54, 1.807) is 19.7 Å². The molecule has 0 radical (unpaired) electrons. The monoisotopic (exact) mass is 575 g/mol. The smallest absolute Gasteiger partial charge is 0.244 e. The highest BCUT2D eigenvalue weighted by Gasteiger charge is 2.37. The summed E-state index contributed by atoms with van der Waals surface area (Å²) in [6.07, 6.45) is 3.28. The van der Waals surface area contributed by atoms with Crippen LogP contribution in [0.5, 0.6) is 0 Å². The highest BCUT2D eigenvalue weighted by molar-refractivity contribution is 7.59. The molecule has 0 aliphatic carbocycles. The third kappa shape index (κ3) is 6.76. The zero-order valence-corrected chi connectivity index (χ0v) is 24.7. The Bertz CT molecular complexity index is 1810. The molecular weight excluding hydrogens is 541 g/mol. The van der Waals surface area contributed by atoms with Crippen LogP contribution in [-0.4, -0.2) is 25.0 Å². The number of carbonyl (C=O) groups excluding carboxylic acids is 2. The van der Waals surface area contributed by atoms with Crippen LogP contribution < -0.4 is 5.32 Å². The van der Waals surface area contributed by atoms with E-state index in [1.807, 2.05) is 109 Å². The molecule has 0 aromatic heterocycles. The van der Waals surface area contributed by atoms with Crippen molar-refractivity contribution in [2.75, 3.05) is 13.3 Å². The molecule has 5 rings (SSSR count). The molecular formula is C36H34NO4P. The molecule has 0 aliphatic heterocycles. The van der Waals surface area contributed by atoms with Gasteiger partial charge in [0.05, 0.1) is 6.61 Å². The summed E-state index contributed by atoms with van der Waals surface area (Å²) in [5, 5.41) is 6.75. The lowest BCUT2D eigenvalue weighted by Crippen LogP contribution is -2.20. The van der Waals surface area contributed by atoms with Crippen LogP contribution in [0.1, 0.15) is 34.8 Å². The van der Waals surface area contributed by atoms with E-state index in [0.29, 0.717) is 12.1 Å². The Morgan fingerprint density at radius 3 is 2.21 bits per heavy atom. The summed E-state index contributed by atoms with van der Waals surface area (Å²) < 4.78 is 19.7. The fraction of sp³-hybridized carbons (Fsp3) is 0.167. The average Bonchev–Trinajstić information content (AvgIpc) is 2.99. The maximum absolute atomic E-state index is 14.2. The third-order valence-electron chi connectivity index (χ3n) is 7.37. The molecule has 0 saturated heterocycles. The summed E-state index contributed by atoms with van der Waals surface area (Å²) in [6, 6.07) is 35.1. The molecule has 0 aliphatic rings. The lowest BCUT2D eigenvalue weighted by atomic mass is 9.93. The Morgan fingerprint density at radius 2 is 1.48 bits per heavy atom. The largest absolute Gasteiger partial charge is 0.348 e. The quantitative estimate of drug-likeness (QED) is 0.128. The highest BCUT2D eigenvalue weighted by atomic mass is 31.2. The molecule has 0 heterocycles. The number of Topliss-reactive ketones (excluding diaryl/α,β-unsaturated/α-hetero) is 1. The number of carbonyl (C=O) groups is 2. The van der Waals surface area contributed by atoms with Crippen LogP contribution in [0.4, 0.5) is 0 Å². The lowest BCUT2D eigenvalue weighted by Gasteiger charge is -2.25. The van der Waals surface area contributed by atoms with E-state index in [4.69, 9.17) is 4.52 Å². The summed E-state index contributed by atoms with van der Waals surface area (Å²) >= 11 is 0. The van der Waals surface area contributed by atoms with Crippen LogP contribution in [0.2, 0.25) is 0 Å². The van der Waals surface area contributed by atoms with Gasteiger partial charge < -0.3 is 9.84 Å². The van der Waals surface area contributed by atoms with Crippen molar-refractivity contribution in [2.45, 2.75) is 25.5 Å². The number of benzene rings is 5. The minimum atomic E-state index is -3.39. The van der Waals surface area contributed by atoms with E-state index < -0.39 is 13.0 Å². The maximum Gasteiger partial charge on any atom is 0.244 e. The molecule has 42 heavy (non-hydrogen) atoms. The minimum absolute atomic E-state index is 0.0366. The van der Waals surface area contributed by atoms with Crippen LogP contribution >= 0.6 is 7.37 Å². The van der Waals surface area contributed by atoms with Crippen molar-refractivity contribution in [3.8, 4) is 0 Å². The predicted octanol–water partition coefficient (Wildman–Crippen LogP) is 8.12. The van der Waals surface area contributed by atoms with Gasteiger partial charge in [-0.3, -0.25) is 14.2 Å². The van der Waals surface area contributed by atoms with Crippen LogP contribution in [-0.2, 0) is 31.6 Å². The first-order valence-electron chi connectivity index (χ1n) is 14.1. The summed E-state index contributed by atoms with van der Waals surface area (Å²) in [5.41, 5.74) is 2.30. The second kappa shape index (κ2) is 13.1. The zero-order valence-electron chi connectivity index (χ0n) is 23.8. The SMILES string of the molecule is CCOP(C)(=O)C(C(=O)Cc1cc2ccccc2cc1/C=C/C(=O)NCc1ccccc1)c1cccc2ccccc12. The number of rotatable bonds is 11. The number of nitrogens with one attached hydrogen (secondary N) is 1. The molecule has 0 fully saturated rings. The van der Waals surface area contributed by atoms with Crippen molar-refractivity contribution in [3.63, 3.8) is 0 Å². The fourth-order valence-corrected chi connectivity index (χ4v) is 7.42. The molecule has 5 aromatic rings. The first-order chi connectivity index (χ1) is 20.4.